The summed E-state index contributed by atoms with van der Waals surface area (Å²) in [6.45, 7) is 0. The van der Waals surface area contributed by atoms with E-state index in [9.17, 15) is 5.11 Å². The third kappa shape index (κ3) is 3.00. The number of rotatable bonds is 3. The fourth-order valence-electron chi connectivity index (χ4n) is 1.84. The summed E-state index contributed by atoms with van der Waals surface area (Å²) in [5, 5.41) is 11.8. The van der Waals surface area contributed by atoms with Gasteiger partial charge in [0.2, 0.25) is 0 Å². The summed E-state index contributed by atoms with van der Waals surface area (Å²) < 4.78 is 5.06. The minimum absolute atomic E-state index is 0.315. The molecule has 0 aliphatic carbocycles. The number of halogens is 4. The molecule has 0 aromatic heterocycles. The number of hydrogen-bond acceptors (Lipinski definition) is 2. The monoisotopic (exact) mass is 350 g/mol. The van der Waals surface area contributed by atoms with Crippen molar-refractivity contribution in [3.05, 3.63) is 61.5 Å². The molecule has 106 valence electrons. The molecule has 0 fully saturated rings. The summed E-state index contributed by atoms with van der Waals surface area (Å²) in [6, 6.07) is 8.06. The maximum Gasteiger partial charge on any atom is 0.138 e. The Hall–Kier alpha value is -0.640. The Morgan fingerprint density at radius 2 is 1.55 bits per heavy atom. The summed E-state index contributed by atoms with van der Waals surface area (Å²) in [5.74, 6) is 0.429. The van der Waals surface area contributed by atoms with Crippen LogP contribution in [0, 0.1) is 0 Å². The Labute approximate surface area is 136 Å². The van der Waals surface area contributed by atoms with Gasteiger partial charge in [-0.3, -0.25) is 0 Å². The summed E-state index contributed by atoms with van der Waals surface area (Å²) in [7, 11) is 1.48. The molecule has 20 heavy (non-hydrogen) atoms. The van der Waals surface area contributed by atoms with Crippen molar-refractivity contribution >= 4 is 46.4 Å². The van der Waals surface area contributed by atoms with Gasteiger partial charge in [-0.25, -0.2) is 0 Å². The van der Waals surface area contributed by atoms with Crippen molar-refractivity contribution in [3.8, 4) is 5.75 Å². The molecule has 0 aliphatic heterocycles. The minimum atomic E-state index is -1.08. The van der Waals surface area contributed by atoms with Gasteiger partial charge in [-0.15, -0.1) is 0 Å². The first kappa shape index (κ1) is 15.7. The summed E-state index contributed by atoms with van der Waals surface area (Å²) >= 11 is 24.4. The van der Waals surface area contributed by atoms with Crippen LogP contribution in [0.25, 0.3) is 0 Å². The van der Waals surface area contributed by atoms with E-state index < -0.39 is 6.10 Å². The van der Waals surface area contributed by atoms with E-state index in [1.807, 2.05) is 0 Å². The quantitative estimate of drug-likeness (QED) is 0.803. The Bertz CT molecular complexity index is 623. The van der Waals surface area contributed by atoms with Crippen LogP contribution in [-0.4, -0.2) is 12.2 Å². The average molecular weight is 352 g/mol. The van der Waals surface area contributed by atoms with Gasteiger partial charge < -0.3 is 9.84 Å². The largest absolute Gasteiger partial charge is 0.495 e. The van der Waals surface area contributed by atoms with Crippen LogP contribution in [0.1, 0.15) is 17.2 Å². The van der Waals surface area contributed by atoms with Crippen molar-refractivity contribution in [2.45, 2.75) is 6.10 Å². The van der Waals surface area contributed by atoms with Gasteiger partial charge in [-0.1, -0.05) is 52.5 Å². The molecule has 6 heteroatoms. The Morgan fingerprint density at radius 3 is 2.10 bits per heavy atom. The molecule has 0 heterocycles. The first-order valence-electron chi connectivity index (χ1n) is 5.60. The van der Waals surface area contributed by atoms with Crippen LogP contribution in [0.15, 0.2) is 30.3 Å². The van der Waals surface area contributed by atoms with Gasteiger partial charge in [0.05, 0.1) is 17.2 Å². The molecule has 2 rings (SSSR count). The molecule has 0 amide bonds. The van der Waals surface area contributed by atoms with Crippen LogP contribution in [0.3, 0.4) is 0 Å². The molecule has 0 aliphatic rings. The summed E-state index contributed by atoms with van der Waals surface area (Å²) in [4.78, 5) is 0. The third-order valence-corrected chi connectivity index (χ3v) is 4.12. The first-order valence-corrected chi connectivity index (χ1v) is 7.11. The van der Waals surface area contributed by atoms with E-state index in [1.54, 1.807) is 18.2 Å². The highest BCUT2D eigenvalue weighted by Crippen LogP contribution is 2.40. The molecular formula is C14H10Cl4O2. The lowest BCUT2D eigenvalue weighted by atomic mass is 10.0. The smallest absolute Gasteiger partial charge is 0.138 e. The molecule has 1 atom stereocenters. The van der Waals surface area contributed by atoms with Crippen molar-refractivity contribution in [3.63, 3.8) is 0 Å². The maximum absolute atomic E-state index is 10.5. The molecule has 2 aromatic carbocycles. The fraction of sp³-hybridized carbons (Fsp3) is 0.143. The number of ether oxygens (including phenoxy) is 1. The average Bonchev–Trinajstić information content (AvgIpc) is 2.40. The zero-order chi connectivity index (χ0) is 14.9. The molecule has 2 aromatic rings. The highest BCUT2D eigenvalue weighted by molar-refractivity contribution is 6.36. The van der Waals surface area contributed by atoms with Gasteiger partial charge in [0, 0.05) is 27.2 Å². The zero-order valence-corrected chi connectivity index (χ0v) is 13.4. The summed E-state index contributed by atoms with van der Waals surface area (Å²) in [5.41, 5.74) is 0.798. The second-order valence-electron chi connectivity index (χ2n) is 4.05. The van der Waals surface area contributed by atoms with Gasteiger partial charge in [0.15, 0.2) is 0 Å². The maximum atomic E-state index is 10.5. The number of hydrogen-bond donors (Lipinski definition) is 1. The summed E-state index contributed by atoms with van der Waals surface area (Å²) in [6.07, 6.45) is -1.08. The predicted molar refractivity (Wildman–Crippen MR) is 83.5 cm³/mol. The van der Waals surface area contributed by atoms with Crippen molar-refractivity contribution in [2.24, 2.45) is 0 Å². The molecule has 0 saturated heterocycles. The van der Waals surface area contributed by atoms with Crippen molar-refractivity contribution in [1.82, 2.24) is 0 Å². The van der Waals surface area contributed by atoms with Crippen molar-refractivity contribution < 1.29 is 9.84 Å². The van der Waals surface area contributed by atoms with E-state index in [0.29, 0.717) is 37.0 Å². The number of methoxy groups -OCH3 is 1. The van der Waals surface area contributed by atoms with Crippen LogP contribution < -0.4 is 4.74 Å². The van der Waals surface area contributed by atoms with Crippen LogP contribution in [0.2, 0.25) is 20.1 Å². The second-order valence-corrected chi connectivity index (χ2v) is 5.67. The number of aliphatic hydroxyl groups is 1. The van der Waals surface area contributed by atoms with E-state index in [-0.39, 0.29) is 0 Å². The first-order chi connectivity index (χ1) is 9.45. The van der Waals surface area contributed by atoms with E-state index in [0.717, 1.165) is 0 Å². The van der Waals surface area contributed by atoms with E-state index >= 15 is 0 Å². The highest BCUT2D eigenvalue weighted by Gasteiger charge is 2.21. The molecule has 0 radical (unpaired) electrons. The fourth-order valence-corrected chi connectivity index (χ4v) is 2.95. The van der Waals surface area contributed by atoms with Crippen molar-refractivity contribution in [2.75, 3.05) is 7.11 Å². The third-order valence-electron chi connectivity index (χ3n) is 2.84. The number of benzene rings is 2. The number of aliphatic hydroxyl groups excluding tert-OH is 1. The topological polar surface area (TPSA) is 29.5 Å². The molecule has 2 nitrogen and oxygen atoms in total. The van der Waals surface area contributed by atoms with Gasteiger partial charge in [-0.05, 0) is 18.2 Å². The van der Waals surface area contributed by atoms with E-state index in [4.69, 9.17) is 51.1 Å². The van der Waals surface area contributed by atoms with Gasteiger partial charge >= 0.3 is 0 Å². The molecular weight excluding hydrogens is 342 g/mol. The SMILES string of the molecule is COc1cc(Cl)c(C(O)c2c(Cl)cccc2Cl)cc1Cl. The molecule has 1 unspecified atom stereocenters. The van der Waals surface area contributed by atoms with Gasteiger partial charge in [0.25, 0.3) is 0 Å². The van der Waals surface area contributed by atoms with Crippen LogP contribution >= 0.6 is 46.4 Å². The normalized spacial score (nSPS) is 12.3. The van der Waals surface area contributed by atoms with Gasteiger partial charge in [0.1, 0.15) is 11.9 Å². The van der Waals surface area contributed by atoms with E-state index in [1.165, 1.54) is 19.2 Å². The van der Waals surface area contributed by atoms with Crippen LogP contribution in [0.5, 0.6) is 5.75 Å². The Morgan fingerprint density at radius 1 is 0.950 bits per heavy atom. The lowest BCUT2D eigenvalue weighted by Crippen LogP contribution is -2.03. The standard InChI is InChI=1S/C14H10Cl4O2/c1-20-12-6-10(17)7(5-11(12)18)14(19)13-8(15)3-2-4-9(13)16/h2-6,14,19H,1H3. The lowest BCUT2D eigenvalue weighted by Gasteiger charge is -2.17. The highest BCUT2D eigenvalue weighted by atomic mass is 35.5. The van der Waals surface area contributed by atoms with Crippen molar-refractivity contribution in [1.29, 1.82) is 0 Å². The molecule has 0 saturated carbocycles. The molecule has 0 bridgehead atoms. The Balaban J connectivity index is 2.54. The lowest BCUT2D eigenvalue weighted by molar-refractivity contribution is 0.220. The second kappa shape index (κ2) is 6.42. The predicted octanol–water partition coefficient (Wildman–Crippen LogP) is 5.39. The minimum Gasteiger partial charge on any atom is -0.495 e. The Kier molecular flexibility index (Phi) is 5.05. The molecule has 1 N–H and O–H groups in total. The molecule has 0 spiro atoms. The van der Waals surface area contributed by atoms with Crippen LogP contribution in [-0.2, 0) is 0 Å². The van der Waals surface area contributed by atoms with Crippen LogP contribution in [0.4, 0.5) is 0 Å². The van der Waals surface area contributed by atoms with Gasteiger partial charge in [-0.2, -0.15) is 0 Å². The van der Waals surface area contributed by atoms with E-state index in [2.05, 4.69) is 0 Å². The zero-order valence-electron chi connectivity index (χ0n) is 10.3.